The molecule has 3 atom stereocenters. The fourth-order valence-corrected chi connectivity index (χ4v) is 11.0. The van der Waals surface area contributed by atoms with Gasteiger partial charge in [-0.3, -0.25) is 9.36 Å². The third kappa shape index (κ3) is 65.3. The van der Waals surface area contributed by atoms with E-state index in [4.69, 9.17) is 9.05 Å². The van der Waals surface area contributed by atoms with E-state index >= 15 is 0 Å². The van der Waals surface area contributed by atoms with E-state index in [9.17, 15) is 19.4 Å². The van der Waals surface area contributed by atoms with Crippen molar-refractivity contribution in [3.63, 3.8) is 0 Å². The highest BCUT2D eigenvalue weighted by Crippen LogP contribution is 2.38. The van der Waals surface area contributed by atoms with Gasteiger partial charge in [0.05, 0.1) is 39.9 Å². The topological polar surface area (TPSA) is 108 Å². The minimum Gasteiger partial charge on any atom is -0.756 e. The van der Waals surface area contributed by atoms with Gasteiger partial charge in [-0.25, -0.2) is 0 Å². The molecule has 0 radical (unpaired) electrons. The summed E-state index contributed by atoms with van der Waals surface area (Å²) >= 11 is 0. The average Bonchev–Trinajstić information content (AvgIpc) is 3.43. The summed E-state index contributed by atoms with van der Waals surface area (Å²) in [5.74, 6) is -0.192. The summed E-state index contributed by atoms with van der Waals surface area (Å²) in [6.07, 6.45) is 87.3. The number of aliphatic hydroxyl groups excluding tert-OH is 1. The number of hydrogen-bond donors (Lipinski definition) is 2. The number of quaternary nitrogens is 1. The predicted molar refractivity (Wildman–Crippen MR) is 353 cm³/mol. The molecule has 0 spiro atoms. The van der Waals surface area contributed by atoms with Crippen molar-refractivity contribution in [1.82, 2.24) is 5.32 Å². The van der Waals surface area contributed by atoms with Gasteiger partial charge in [-0.1, -0.05) is 331 Å². The summed E-state index contributed by atoms with van der Waals surface area (Å²) in [6, 6.07) is -0.888. The van der Waals surface area contributed by atoms with Gasteiger partial charge < -0.3 is 28.8 Å². The Kier molecular flexibility index (Phi) is 60.9. The van der Waals surface area contributed by atoms with Crippen LogP contribution in [0, 0.1) is 0 Å². The highest BCUT2D eigenvalue weighted by atomic mass is 31.2. The number of nitrogens with one attached hydrogen (secondary N) is 1. The van der Waals surface area contributed by atoms with Crippen molar-refractivity contribution in [2.45, 2.75) is 341 Å². The van der Waals surface area contributed by atoms with Crippen molar-refractivity contribution in [3.05, 3.63) is 72.9 Å². The minimum absolute atomic E-state index is 0.000519. The number of amides is 1. The number of rotatable bonds is 64. The second-order valence-electron chi connectivity index (χ2n) is 24.9. The van der Waals surface area contributed by atoms with Crippen molar-refractivity contribution in [1.29, 1.82) is 0 Å². The Morgan fingerprint density at radius 3 is 1.10 bits per heavy atom. The smallest absolute Gasteiger partial charge is 0.268 e. The van der Waals surface area contributed by atoms with E-state index in [1.54, 1.807) is 6.08 Å². The molecule has 0 fully saturated rings. The maximum absolute atomic E-state index is 13.0. The Morgan fingerprint density at radius 1 is 0.444 bits per heavy atom. The van der Waals surface area contributed by atoms with E-state index < -0.39 is 20.0 Å². The molecule has 0 heterocycles. The molecule has 0 saturated heterocycles. The maximum atomic E-state index is 13.0. The SMILES string of the molecule is CC/C=C\C/C=C\C/C=C\C/C=C\C/C=C\CCCCCCCCCCCCCCCCCCCCCCCC(=O)NC(COP(=O)([O-])OCC[N+](C)(C)C)C(O)/C=C/CCCCCCCCCCCCCCCCCCCCCC. The van der Waals surface area contributed by atoms with Crippen LogP contribution in [0.5, 0.6) is 0 Å². The number of likely N-dealkylation sites (N-methyl/N-ethyl adjacent to an activating group) is 1. The molecule has 0 aliphatic rings. The molecule has 0 aliphatic carbocycles. The number of carbonyl (C=O) groups excluding carboxylic acids is 1. The van der Waals surface area contributed by atoms with Gasteiger partial charge in [-0.15, -0.1) is 0 Å². The van der Waals surface area contributed by atoms with Crippen molar-refractivity contribution >= 4 is 13.7 Å². The molecule has 81 heavy (non-hydrogen) atoms. The summed E-state index contributed by atoms with van der Waals surface area (Å²) in [5, 5.41) is 14.0. The standard InChI is InChI=1S/C72H135N2O6P/c1-6-8-10-12-14-16-18-20-22-24-26-28-30-31-32-33-34-35-36-37-38-39-40-41-42-43-44-46-48-50-52-54-56-58-60-62-64-66-72(76)73-70(69-80-81(77,78)79-68-67-74(3,4)5)71(75)65-63-61-59-57-55-53-51-49-47-45-29-27-25-23-21-19-17-15-13-11-9-7-2/h8,10,14,16,20,22,26,28,31-32,63,65,70-71,75H,6-7,9,11-13,15,17-19,21,23-25,27,29-30,33-62,64,66-69H2,1-5H3,(H-,73,76,77,78)/b10-8-,16-14-,22-20-,28-26-,32-31-,65-63+. The van der Waals surface area contributed by atoms with Crippen molar-refractivity contribution in [2.75, 3.05) is 40.9 Å². The summed E-state index contributed by atoms with van der Waals surface area (Å²) in [6.45, 7) is 4.58. The van der Waals surface area contributed by atoms with E-state index in [2.05, 4.69) is 79.9 Å². The Balaban J connectivity index is 4.00. The molecule has 0 saturated carbocycles. The third-order valence-corrected chi connectivity index (χ3v) is 16.6. The number of nitrogens with zero attached hydrogens (tertiary/aromatic N) is 1. The monoisotopic (exact) mass is 1160 g/mol. The van der Waals surface area contributed by atoms with Gasteiger partial charge >= 0.3 is 0 Å². The molecule has 0 aromatic carbocycles. The van der Waals surface area contributed by atoms with Gasteiger partial charge in [0, 0.05) is 6.42 Å². The van der Waals surface area contributed by atoms with Crippen LogP contribution in [0.25, 0.3) is 0 Å². The Labute approximate surface area is 504 Å². The molecule has 0 bridgehead atoms. The normalized spacial score (nSPS) is 14.1. The van der Waals surface area contributed by atoms with Crippen LogP contribution in [0.2, 0.25) is 0 Å². The molecule has 0 aliphatic heterocycles. The first kappa shape index (κ1) is 78.9. The number of phosphoric ester groups is 1. The summed E-state index contributed by atoms with van der Waals surface area (Å²) in [5.41, 5.74) is 0. The van der Waals surface area contributed by atoms with Crippen LogP contribution < -0.4 is 10.2 Å². The zero-order chi connectivity index (χ0) is 59.1. The van der Waals surface area contributed by atoms with Crippen LogP contribution in [0.3, 0.4) is 0 Å². The van der Waals surface area contributed by atoms with Gasteiger partial charge in [0.2, 0.25) is 5.91 Å². The highest BCUT2D eigenvalue weighted by molar-refractivity contribution is 7.45. The number of unbranched alkanes of at least 4 members (excludes halogenated alkanes) is 41. The van der Waals surface area contributed by atoms with Gasteiger partial charge in [0.1, 0.15) is 13.2 Å². The van der Waals surface area contributed by atoms with E-state index in [-0.39, 0.29) is 19.1 Å². The molecule has 8 nitrogen and oxygen atoms in total. The number of carbonyl (C=O) groups is 1. The second kappa shape index (κ2) is 62.5. The molecule has 0 aromatic rings. The molecule has 1 amide bonds. The van der Waals surface area contributed by atoms with E-state index in [0.29, 0.717) is 17.4 Å². The lowest BCUT2D eigenvalue weighted by Crippen LogP contribution is -2.45. The number of allylic oxidation sites excluding steroid dienone is 11. The van der Waals surface area contributed by atoms with E-state index in [0.717, 1.165) is 70.6 Å². The van der Waals surface area contributed by atoms with Crippen LogP contribution in [0.4, 0.5) is 0 Å². The summed E-state index contributed by atoms with van der Waals surface area (Å²) < 4.78 is 23.5. The van der Waals surface area contributed by atoms with Gasteiger partial charge in [-0.05, 0) is 64.2 Å². The summed E-state index contributed by atoms with van der Waals surface area (Å²) in [4.78, 5) is 25.6. The average molecular weight is 1160 g/mol. The van der Waals surface area contributed by atoms with Crippen LogP contribution in [0.1, 0.15) is 328 Å². The molecule has 3 unspecified atom stereocenters. The van der Waals surface area contributed by atoms with Crippen LogP contribution in [0.15, 0.2) is 72.9 Å². The first-order chi connectivity index (χ1) is 39.5. The first-order valence-electron chi connectivity index (χ1n) is 34.8. The second-order valence-corrected chi connectivity index (χ2v) is 26.3. The molecular formula is C72H135N2O6P. The fraction of sp³-hybridized carbons (Fsp3) is 0.819. The number of hydrogen-bond acceptors (Lipinski definition) is 6. The number of phosphoric acid groups is 1. The molecule has 0 rings (SSSR count). The van der Waals surface area contributed by atoms with E-state index in [1.165, 1.54) is 238 Å². The third-order valence-electron chi connectivity index (χ3n) is 15.7. The lowest BCUT2D eigenvalue weighted by atomic mass is 10.0. The van der Waals surface area contributed by atoms with Crippen LogP contribution >= 0.6 is 7.82 Å². The predicted octanol–water partition coefficient (Wildman–Crippen LogP) is 21.5. The van der Waals surface area contributed by atoms with Crippen LogP contribution in [-0.2, 0) is 18.4 Å². The molecular weight excluding hydrogens is 1020 g/mol. The highest BCUT2D eigenvalue weighted by Gasteiger charge is 2.23. The van der Waals surface area contributed by atoms with Crippen LogP contribution in [-0.4, -0.2) is 68.5 Å². The Bertz CT molecular complexity index is 1550. The summed E-state index contributed by atoms with van der Waals surface area (Å²) in [7, 11) is 1.27. The maximum Gasteiger partial charge on any atom is 0.268 e. The fourth-order valence-electron chi connectivity index (χ4n) is 10.3. The lowest BCUT2D eigenvalue weighted by Gasteiger charge is -2.29. The number of aliphatic hydroxyl groups is 1. The minimum atomic E-state index is -4.60. The zero-order valence-corrected chi connectivity index (χ0v) is 55.1. The largest absolute Gasteiger partial charge is 0.756 e. The van der Waals surface area contributed by atoms with Gasteiger partial charge in [0.15, 0.2) is 0 Å². The first-order valence-corrected chi connectivity index (χ1v) is 36.3. The quantitative estimate of drug-likeness (QED) is 0.0272. The zero-order valence-electron chi connectivity index (χ0n) is 54.2. The van der Waals surface area contributed by atoms with Gasteiger partial charge in [-0.2, -0.15) is 0 Å². The van der Waals surface area contributed by atoms with Gasteiger partial charge in [0.25, 0.3) is 7.82 Å². The van der Waals surface area contributed by atoms with Crippen molar-refractivity contribution < 1.29 is 32.9 Å². The lowest BCUT2D eigenvalue weighted by molar-refractivity contribution is -0.870. The van der Waals surface area contributed by atoms with E-state index in [1.807, 2.05) is 27.2 Å². The molecule has 2 N–H and O–H groups in total. The van der Waals surface area contributed by atoms with Crippen molar-refractivity contribution in [3.8, 4) is 0 Å². The molecule has 9 heteroatoms. The van der Waals surface area contributed by atoms with Crippen molar-refractivity contribution in [2.24, 2.45) is 0 Å². The Morgan fingerprint density at radius 2 is 0.753 bits per heavy atom. The molecule has 0 aromatic heterocycles. The Hall–Kier alpha value is -2.06. The molecule has 474 valence electrons.